The molecule has 0 radical (unpaired) electrons. The quantitative estimate of drug-likeness (QED) is 0.620. The zero-order chi connectivity index (χ0) is 18.4. The summed E-state index contributed by atoms with van der Waals surface area (Å²) in [4.78, 5) is 16.6. The molecule has 0 saturated heterocycles. The van der Waals surface area contributed by atoms with E-state index in [0.29, 0.717) is 11.6 Å². The molecule has 0 unspecified atom stereocenters. The van der Waals surface area contributed by atoms with Gasteiger partial charge in [0.2, 0.25) is 5.90 Å². The number of aryl methyl sites for hydroxylation is 2. The third-order valence-corrected chi connectivity index (χ3v) is 4.46. The molecule has 1 aromatic carbocycles. The highest BCUT2D eigenvalue weighted by atomic mass is 16.6. The highest BCUT2D eigenvalue weighted by molar-refractivity contribution is 6.12. The second kappa shape index (κ2) is 5.99. The summed E-state index contributed by atoms with van der Waals surface area (Å²) in [6, 6.07) is 7.97. The summed E-state index contributed by atoms with van der Waals surface area (Å²) >= 11 is 0. The van der Waals surface area contributed by atoms with Crippen LogP contribution in [0.15, 0.2) is 35.0 Å². The summed E-state index contributed by atoms with van der Waals surface area (Å²) < 4.78 is 7.15. The van der Waals surface area contributed by atoms with Gasteiger partial charge in [0.1, 0.15) is 0 Å². The number of nitrogens with zero attached hydrogens (tertiary/aromatic N) is 3. The Labute approximate surface area is 148 Å². The smallest absolute Gasteiger partial charge is 0.363 e. The van der Waals surface area contributed by atoms with Gasteiger partial charge in [0.25, 0.3) is 0 Å². The molecule has 0 amide bonds. The molecule has 0 N–H and O–H groups in total. The predicted molar refractivity (Wildman–Crippen MR) is 98.4 cm³/mol. The van der Waals surface area contributed by atoms with Crippen molar-refractivity contribution in [2.24, 2.45) is 12.0 Å². The first-order valence-corrected chi connectivity index (χ1v) is 8.30. The van der Waals surface area contributed by atoms with Gasteiger partial charge in [-0.1, -0.05) is 32.9 Å². The lowest BCUT2D eigenvalue weighted by atomic mass is 9.87. The number of benzene rings is 1. The maximum Gasteiger partial charge on any atom is 0.363 e. The van der Waals surface area contributed by atoms with Crippen LogP contribution in [0.4, 0.5) is 0 Å². The Balaban J connectivity index is 1.94. The molecule has 0 saturated carbocycles. The van der Waals surface area contributed by atoms with E-state index in [9.17, 15) is 4.79 Å². The Morgan fingerprint density at radius 3 is 2.28 bits per heavy atom. The van der Waals surface area contributed by atoms with Crippen molar-refractivity contribution in [1.82, 2.24) is 9.78 Å². The number of hydrogen-bond donors (Lipinski definition) is 0. The number of carbonyl (C=O) groups is 1. The number of cyclic esters (lactones) is 1. The predicted octanol–water partition coefficient (Wildman–Crippen LogP) is 3.68. The number of ether oxygens (including phenoxy) is 1. The van der Waals surface area contributed by atoms with Crippen LogP contribution >= 0.6 is 0 Å². The van der Waals surface area contributed by atoms with Crippen LogP contribution in [0, 0.1) is 13.8 Å². The van der Waals surface area contributed by atoms with Crippen LogP contribution < -0.4 is 0 Å². The van der Waals surface area contributed by atoms with Crippen molar-refractivity contribution in [2.75, 3.05) is 0 Å². The number of carbonyl (C=O) groups excluding carboxylic acids is 1. The number of aromatic nitrogens is 2. The lowest BCUT2D eigenvalue weighted by Gasteiger charge is -2.18. The van der Waals surface area contributed by atoms with E-state index in [4.69, 9.17) is 4.74 Å². The van der Waals surface area contributed by atoms with Gasteiger partial charge in [-0.2, -0.15) is 5.10 Å². The van der Waals surface area contributed by atoms with E-state index in [2.05, 4.69) is 30.9 Å². The van der Waals surface area contributed by atoms with Gasteiger partial charge in [-0.3, -0.25) is 4.68 Å². The molecule has 130 valence electrons. The SMILES string of the molecule is Cc1nn(C)c(C)c1/C=C1\N=C(c2ccc(C(C)(C)C)cc2)OC1=O. The maximum absolute atomic E-state index is 12.2. The topological polar surface area (TPSA) is 56.5 Å². The van der Waals surface area contributed by atoms with Crippen LogP contribution in [0.3, 0.4) is 0 Å². The van der Waals surface area contributed by atoms with Crippen molar-refractivity contribution in [2.45, 2.75) is 40.0 Å². The molecule has 1 aliphatic rings. The lowest BCUT2D eigenvalue weighted by molar-refractivity contribution is -0.129. The monoisotopic (exact) mass is 337 g/mol. The van der Waals surface area contributed by atoms with Crippen molar-refractivity contribution >= 4 is 17.9 Å². The largest absolute Gasteiger partial charge is 0.402 e. The summed E-state index contributed by atoms with van der Waals surface area (Å²) in [7, 11) is 1.88. The van der Waals surface area contributed by atoms with E-state index < -0.39 is 5.97 Å². The van der Waals surface area contributed by atoms with E-state index in [1.807, 2.05) is 45.2 Å². The minimum Gasteiger partial charge on any atom is -0.402 e. The van der Waals surface area contributed by atoms with Crippen molar-refractivity contribution < 1.29 is 9.53 Å². The molecule has 25 heavy (non-hydrogen) atoms. The zero-order valence-electron chi connectivity index (χ0n) is 15.5. The summed E-state index contributed by atoms with van der Waals surface area (Å²) in [5, 5.41) is 4.36. The minimum absolute atomic E-state index is 0.0765. The second-order valence-electron chi connectivity index (χ2n) is 7.37. The van der Waals surface area contributed by atoms with Gasteiger partial charge in [-0.25, -0.2) is 9.79 Å². The van der Waals surface area contributed by atoms with Gasteiger partial charge in [-0.15, -0.1) is 0 Å². The first kappa shape index (κ1) is 17.1. The zero-order valence-corrected chi connectivity index (χ0v) is 15.5. The molecule has 5 heteroatoms. The third kappa shape index (κ3) is 3.27. The fraction of sp³-hybridized carbons (Fsp3) is 0.350. The Bertz CT molecular complexity index is 894. The molecule has 0 atom stereocenters. The van der Waals surface area contributed by atoms with Gasteiger partial charge >= 0.3 is 5.97 Å². The summed E-state index contributed by atoms with van der Waals surface area (Å²) in [6.07, 6.45) is 1.75. The molecular formula is C20H23N3O2. The van der Waals surface area contributed by atoms with Crippen LogP contribution in [0.25, 0.3) is 6.08 Å². The van der Waals surface area contributed by atoms with Crippen LogP contribution in [0.1, 0.15) is 48.8 Å². The number of esters is 1. The Kier molecular flexibility index (Phi) is 4.11. The van der Waals surface area contributed by atoms with E-state index in [-0.39, 0.29) is 5.41 Å². The van der Waals surface area contributed by atoms with Gasteiger partial charge < -0.3 is 4.74 Å². The highest BCUT2D eigenvalue weighted by Crippen LogP contribution is 2.25. The van der Waals surface area contributed by atoms with E-state index in [1.165, 1.54) is 5.56 Å². The highest BCUT2D eigenvalue weighted by Gasteiger charge is 2.25. The van der Waals surface area contributed by atoms with E-state index in [1.54, 1.807) is 10.8 Å². The molecule has 2 heterocycles. The van der Waals surface area contributed by atoms with Crippen molar-refractivity contribution in [3.8, 4) is 0 Å². The van der Waals surface area contributed by atoms with Crippen molar-refractivity contribution in [3.05, 3.63) is 58.0 Å². The average Bonchev–Trinajstić information content (AvgIpc) is 3.02. The molecule has 3 rings (SSSR count). The Morgan fingerprint density at radius 2 is 1.76 bits per heavy atom. The Hall–Kier alpha value is -2.69. The molecular weight excluding hydrogens is 314 g/mol. The number of aliphatic imine (C=N–C) groups is 1. The van der Waals surface area contributed by atoms with Crippen molar-refractivity contribution in [1.29, 1.82) is 0 Å². The van der Waals surface area contributed by atoms with Crippen LogP contribution in [0.5, 0.6) is 0 Å². The fourth-order valence-electron chi connectivity index (χ4n) is 2.78. The molecule has 1 aromatic heterocycles. The number of hydrogen-bond acceptors (Lipinski definition) is 4. The molecule has 2 aromatic rings. The van der Waals surface area contributed by atoms with E-state index >= 15 is 0 Å². The molecule has 5 nitrogen and oxygen atoms in total. The van der Waals surface area contributed by atoms with Crippen molar-refractivity contribution in [3.63, 3.8) is 0 Å². The molecule has 0 spiro atoms. The van der Waals surface area contributed by atoms with Crippen LogP contribution in [-0.4, -0.2) is 21.6 Å². The maximum atomic E-state index is 12.2. The van der Waals surface area contributed by atoms with Gasteiger partial charge in [0.15, 0.2) is 5.70 Å². The van der Waals surface area contributed by atoms with Gasteiger partial charge in [-0.05, 0) is 43.0 Å². The molecule has 0 aliphatic carbocycles. The molecule has 0 bridgehead atoms. The fourth-order valence-corrected chi connectivity index (χ4v) is 2.78. The first-order chi connectivity index (χ1) is 11.7. The molecule has 0 fully saturated rings. The molecule has 1 aliphatic heterocycles. The van der Waals surface area contributed by atoms with E-state index in [0.717, 1.165) is 22.5 Å². The summed E-state index contributed by atoms with van der Waals surface area (Å²) in [6.45, 7) is 10.4. The third-order valence-electron chi connectivity index (χ3n) is 4.46. The number of rotatable bonds is 2. The standard InChI is InChI=1S/C20H23N3O2/c1-12-16(13(2)23(6)22-12)11-17-19(24)25-18(21-17)14-7-9-15(10-8-14)20(3,4)5/h7-11H,1-6H3/b17-11-. The van der Waals surface area contributed by atoms with Gasteiger partial charge in [0.05, 0.1) is 5.69 Å². The Morgan fingerprint density at radius 1 is 1.12 bits per heavy atom. The minimum atomic E-state index is -0.433. The van der Waals surface area contributed by atoms with Crippen LogP contribution in [-0.2, 0) is 22.0 Å². The average molecular weight is 337 g/mol. The summed E-state index contributed by atoms with van der Waals surface area (Å²) in [5.74, 6) is -0.0894. The van der Waals surface area contributed by atoms with Gasteiger partial charge in [0, 0.05) is 23.9 Å². The second-order valence-corrected chi connectivity index (χ2v) is 7.37. The summed E-state index contributed by atoms with van der Waals surface area (Å²) in [5.41, 5.74) is 5.14. The lowest BCUT2D eigenvalue weighted by Crippen LogP contribution is -2.11. The van der Waals surface area contributed by atoms with Crippen LogP contribution in [0.2, 0.25) is 0 Å². The normalized spacial score (nSPS) is 16.3. The first-order valence-electron chi connectivity index (χ1n) is 8.30.